The summed E-state index contributed by atoms with van der Waals surface area (Å²) in [7, 11) is 0. The van der Waals surface area contributed by atoms with Crippen molar-refractivity contribution in [1.82, 2.24) is 9.97 Å². The van der Waals surface area contributed by atoms with Crippen LogP contribution in [-0.4, -0.2) is 35.6 Å². The maximum atomic E-state index is 12.4. The molecule has 0 spiro atoms. The highest BCUT2D eigenvalue weighted by Crippen LogP contribution is 2.27. The average molecular weight is 279 g/mol. The van der Waals surface area contributed by atoms with E-state index in [0.717, 1.165) is 6.07 Å². The van der Waals surface area contributed by atoms with Gasteiger partial charge in [0, 0.05) is 12.6 Å². The Balaban J connectivity index is 2.54. The van der Waals surface area contributed by atoms with Gasteiger partial charge in [-0.3, -0.25) is 4.79 Å². The van der Waals surface area contributed by atoms with E-state index >= 15 is 0 Å². The molecular weight excluding hydrogens is 267 g/mol. The zero-order valence-electron chi connectivity index (χ0n) is 9.70. The Labute approximate surface area is 106 Å². The van der Waals surface area contributed by atoms with Gasteiger partial charge in [0.2, 0.25) is 11.7 Å². The molecule has 0 bridgehead atoms. The Morgan fingerprint density at radius 2 is 2.11 bits per heavy atom. The van der Waals surface area contributed by atoms with Gasteiger partial charge < -0.3 is 21.5 Å². The summed E-state index contributed by atoms with van der Waals surface area (Å²) in [6.07, 6.45) is -4.67. The van der Waals surface area contributed by atoms with Crippen LogP contribution in [-0.2, 0) is 15.7 Å². The van der Waals surface area contributed by atoms with E-state index in [9.17, 15) is 18.0 Å². The summed E-state index contributed by atoms with van der Waals surface area (Å²) in [4.78, 5) is 16.7. The molecule has 0 aliphatic heterocycles. The van der Waals surface area contributed by atoms with Crippen molar-refractivity contribution < 1.29 is 22.7 Å². The number of aromatic nitrogens is 2. The normalized spacial score (nSPS) is 11.3. The summed E-state index contributed by atoms with van der Waals surface area (Å²) < 4.78 is 42.0. The van der Waals surface area contributed by atoms with Gasteiger partial charge in [-0.2, -0.15) is 13.2 Å². The zero-order valence-corrected chi connectivity index (χ0v) is 9.70. The van der Waals surface area contributed by atoms with Gasteiger partial charge in [-0.1, -0.05) is 0 Å². The van der Waals surface area contributed by atoms with Crippen LogP contribution in [0.1, 0.15) is 5.82 Å². The van der Waals surface area contributed by atoms with Gasteiger partial charge in [-0.15, -0.1) is 0 Å². The first-order chi connectivity index (χ1) is 8.79. The highest BCUT2D eigenvalue weighted by atomic mass is 19.4. The molecule has 1 rings (SSSR count). The first-order valence-corrected chi connectivity index (χ1v) is 5.10. The van der Waals surface area contributed by atoms with Crippen LogP contribution < -0.4 is 16.8 Å². The SMILES string of the molecule is NC(=O)COCCNc1cc(N)nc(C(F)(F)F)n1. The number of anilines is 2. The molecule has 0 saturated heterocycles. The molecule has 0 aliphatic carbocycles. The number of nitrogens with one attached hydrogen (secondary N) is 1. The van der Waals surface area contributed by atoms with Crippen LogP contribution in [0.5, 0.6) is 0 Å². The van der Waals surface area contributed by atoms with Gasteiger partial charge in [0.15, 0.2) is 0 Å². The third-order valence-electron chi connectivity index (χ3n) is 1.80. The van der Waals surface area contributed by atoms with E-state index in [0.29, 0.717) is 0 Å². The molecule has 7 nitrogen and oxygen atoms in total. The van der Waals surface area contributed by atoms with Gasteiger partial charge in [-0.25, -0.2) is 9.97 Å². The van der Waals surface area contributed by atoms with E-state index in [1.807, 2.05) is 0 Å². The molecule has 1 aromatic rings. The first kappa shape index (κ1) is 15.0. The Hall–Kier alpha value is -2.10. The second-order valence-corrected chi connectivity index (χ2v) is 3.45. The standard InChI is InChI=1S/C9H12F3N5O2/c10-9(11,12)8-16-5(13)3-7(17-8)15-1-2-19-4-6(14)18/h3H,1-2,4H2,(H2,14,18)(H3,13,15,16,17). The first-order valence-electron chi connectivity index (χ1n) is 5.10. The third kappa shape index (κ3) is 5.38. The van der Waals surface area contributed by atoms with Crippen molar-refractivity contribution >= 4 is 17.5 Å². The Bertz CT molecular complexity index is 452. The maximum Gasteiger partial charge on any atom is 0.451 e. The topological polar surface area (TPSA) is 116 Å². The molecule has 0 fully saturated rings. The van der Waals surface area contributed by atoms with Gasteiger partial charge in [0.25, 0.3) is 0 Å². The smallest absolute Gasteiger partial charge is 0.384 e. The van der Waals surface area contributed by atoms with Crippen LogP contribution in [0.15, 0.2) is 6.07 Å². The summed E-state index contributed by atoms with van der Waals surface area (Å²) in [5, 5.41) is 2.56. The summed E-state index contributed by atoms with van der Waals surface area (Å²) in [6.45, 7) is -0.0450. The van der Waals surface area contributed by atoms with E-state index in [-0.39, 0.29) is 31.4 Å². The number of primary amides is 1. The number of halogens is 3. The van der Waals surface area contributed by atoms with Gasteiger partial charge in [0.1, 0.15) is 18.2 Å². The molecule has 0 radical (unpaired) electrons. The second kappa shape index (κ2) is 6.18. The fraction of sp³-hybridized carbons (Fsp3) is 0.444. The lowest BCUT2D eigenvalue weighted by Gasteiger charge is -2.10. The van der Waals surface area contributed by atoms with Crippen LogP contribution in [0.25, 0.3) is 0 Å². The number of nitrogens with two attached hydrogens (primary N) is 2. The van der Waals surface area contributed by atoms with Crippen LogP contribution >= 0.6 is 0 Å². The summed E-state index contributed by atoms with van der Waals surface area (Å²) in [5.41, 5.74) is 10.1. The van der Waals surface area contributed by atoms with Crippen molar-refractivity contribution in [2.45, 2.75) is 6.18 Å². The van der Waals surface area contributed by atoms with Gasteiger partial charge >= 0.3 is 6.18 Å². The molecule has 1 aromatic heterocycles. The molecule has 5 N–H and O–H groups in total. The molecular formula is C9H12F3N5O2. The minimum absolute atomic E-state index is 0.0776. The number of ether oxygens (including phenoxy) is 1. The lowest BCUT2D eigenvalue weighted by molar-refractivity contribution is -0.144. The lowest BCUT2D eigenvalue weighted by Crippen LogP contribution is -2.21. The zero-order chi connectivity index (χ0) is 14.5. The summed E-state index contributed by atoms with van der Waals surface area (Å²) >= 11 is 0. The number of nitrogens with zero attached hydrogens (tertiary/aromatic N) is 2. The fourth-order valence-electron chi connectivity index (χ4n) is 1.11. The number of rotatable bonds is 6. The molecule has 1 amide bonds. The predicted molar refractivity (Wildman–Crippen MR) is 59.9 cm³/mol. The van der Waals surface area contributed by atoms with Gasteiger partial charge in [0.05, 0.1) is 6.61 Å². The quantitative estimate of drug-likeness (QED) is 0.631. The van der Waals surface area contributed by atoms with Crippen LogP contribution in [0.4, 0.5) is 24.8 Å². The van der Waals surface area contributed by atoms with E-state index in [4.69, 9.17) is 16.2 Å². The van der Waals surface area contributed by atoms with Crippen LogP contribution in [0.3, 0.4) is 0 Å². The number of carbonyl (C=O) groups excluding carboxylic acids is 1. The van der Waals surface area contributed by atoms with Crippen molar-refractivity contribution in [1.29, 1.82) is 0 Å². The fourth-order valence-corrected chi connectivity index (χ4v) is 1.11. The molecule has 0 unspecified atom stereocenters. The molecule has 0 aromatic carbocycles. The largest absolute Gasteiger partial charge is 0.451 e. The molecule has 0 aliphatic rings. The Kier molecular flexibility index (Phi) is 4.87. The molecule has 106 valence electrons. The number of hydrogen-bond acceptors (Lipinski definition) is 6. The van der Waals surface area contributed by atoms with Crippen molar-refractivity contribution in [3.8, 4) is 0 Å². The van der Waals surface area contributed by atoms with Crippen molar-refractivity contribution in [2.75, 3.05) is 30.8 Å². The second-order valence-electron chi connectivity index (χ2n) is 3.45. The monoisotopic (exact) mass is 279 g/mol. The van der Waals surface area contributed by atoms with Crippen molar-refractivity contribution in [2.24, 2.45) is 5.73 Å². The van der Waals surface area contributed by atoms with Crippen LogP contribution in [0, 0.1) is 0 Å². The van der Waals surface area contributed by atoms with Crippen LogP contribution in [0.2, 0.25) is 0 Å². The molecule has 0 saturated carbocycles. The lowest BCUT2D eigenvalue weighted by atomic mass is 10.4. The minimum atomic E-state index is -4.67. The molecule has 10 heteroatoms. The van der Waals surface area contributed by atoms with Crippen molar-refractivity contribution in [3.05, 3.63) is 11.9 Å². The highest BCUT2D eigenvalue weighted by molar-refractivity contribution is 5.74. The van der Waals surface area contributed by atoms with E-state index in [2.05, 4.69) is 15.3 Å². The van der Waals surface area contributed by atoms with Gasteiger partial charge in [-0.05, 0) is 0 Å². The summed E-state index contributed by atoms with van der Waals surface area (Å²) in [5.74, 6) is -2.34. The third-order valence-corrected chi connectivity index (χ3v) is 1.80. The maximum absolute atomic E-state index is 12.4. The Morgan fingerprint density at radius 3 is 2.68 bits per heavy atom. The molecule has 0 atom stereocenters. The number of hydrogen-bond donors (Lipinski definition) is 3. The predicted octanol–water partition coefficient (Wildman–Crippen LogP) is -0.00860. The highest BCUT2D eigenvalue weighted by Gasteiger charge is 2.35. The number of nitrogen functional groups attached to an aromatic ring is 1. The molecule has 1 heterocycles. The Morgan fingerprint density at radius 1 is 1.42 bits per heavy atom. The number of amides is 1. The minimum Gasteiger partial charge on any atom is -0.384 e. The summed E-state index contributed by atoms with van der Waals surface area (Å²) in [6, 6.07) is 1.16. The van der Waals surface area contributed by atoms with E-state index < -0.39 is 17.9 Å². The van der Waals surface area contributed by atoms with E-state index in [1.54, 1.807) is 0 Å². The van der Waals surface area contributed by atoms with E-state index in [1.165, 1.54) is 0 Å². The average Bonchev–Trinajstić information content (AvgIpc) is 2.26. The number of carbonyl (C=O) groups is 1. The molecule has 19 heavy (non-hydrogen) atoms. The van der Waals surface area contributed by atoms with Crippen molar-refractivity contribution in [3.63, 3.8) is 0 Å². The number of alkyl halides is 3.